The van der Waals surface area contributed by atoms with E-state index in [0.717, 1.165) is 16.3 Å². The van der Waals surface area contributed by atoms with Crippen molar-refractivity contribution in [2.75, 3.05) is 7.11 Å². The van der Waals surface area contributed by atoms with E-state index in [1.54, 1.807) is 43.3 Å². The Morgan fingerprint density at radius 3 is 2.15 bits per heavy atom. The van der Waals surface area contributed by atoms with Crippen molar-refractivity contribution in [3.63, 3.8) is 0 Å². The maximum absolute atomic E-state index is 12.4. The Kier molecular flexibility index (Phi) is 5.00. The minimum absolute atomic E-state index is 0.358. The molecule has 0 spiro atoms. The van der Waals surface area contributed by atoms with Gasteiger partial charge >= 0.3 is 11.9 Å². The summed E-state index contributed by atoms with van der Waals surface area (Å²) in [4.78, 5) is 23.8. The van der Waals surface area contributed by atoms with Crippen molar-refractivity contribution >= 4 is 22.7 Å². The summed E-state index contributed by atoms with van der Waals surface area (Å²) in [5.74, 6) is 5.33. The van der Waals surface area contributed by atoms with Crippen LogP contribution in [0.1, 0.15) is 33.2 Å². The summed E-state index contributed by atoms with van der Waals surface area (Å²) in [5.41, 5.74) is 1.77. The zero-order chi connectivity index (χ0) is 18.5. The highest BCUT2D eigenvalue weighted by Crippen LogP contribution is 2.20. The van der Waals surface area contributed by atoms with E-state index in [1.807, 2.05) is 24.3 Å². The molecule has 0 unspecified atom stereocenters. The molecule has 128 valence electrons. The summed E-state index contributed by atoms with van der Waals surface area (Å²) >= 11 is 0. The second kappa shape index (κ2) is 7.54. The first-order chi connectivity index (χ1) is 12.6. The molecule has 0 saturated heterocycles. The van der Waals surface area contributed by atoms with Crippen LogP contribution >= 0.6 is 0 Å². The van der Waals surface area contributed by atoms with E-state index in [9.17, 15) is 9.59 Å². The molecule has 4 nitrogen and oxygen atoms in total. The van der Waals surface area contributed by atoms with Crippen LogP contribution < -0.4 is 4.74 Å². The summed E-state index contributed by atoms with van der Waals surface area (Å²) in [6.07, 6.45) is 0. The third-order valence-corrected chi connectivity index (χ3v) is 3.83. The predicted molar refractivity (Wildman–Crippen MR) is 99.2 cm³/mol. The highest BCUT2D eigenvalue weighted by molar-refractivity contribution is 5.97. The molecule has 0 aliphatic carbocycles. The van der Waals surface area contributed by atoms with Crippen LogP contribution in [0.15, 0.2) is 60.7 Å². The summed E-state index contributed by atoms with van der Waals surface area (Å²) in [7, 11) is 1.31. The second-order valence-corrected chi connectivity index (χ2v) is 5.56. The number of hydrogen-bond donors (Lipinski definition) is 0. The fourth-order valence-corrected chi connectivity index (χ4v) is 2.54. The number of benzene rings is 3. The number of hydrogen-bond acceptors (Lipinski definition) is 4. The van der Waals surface area contributed by atoms with Crippen LogP contribution in [0, 0.1) is 11.8 Å². The molecule has 0 aromatic heterocycles. The van der Waals surface area contributed by atoms with Crippen molar-refractivity contribution in [3.05, 3.63) is 77.4 Å². The third kappa shape index (κ3) is 3.73. The molecule has 3 rings (SSSR count). The Balaban J connectivity index is 1.79. The predicted octanol–water partition coefficient (Wildman–Crippen LogP) is 4.22. The van der Waals surface area contributed by atoms with Gasteiger partial charge in [-0.05, 0) is 66.2 Å². The van der Waals surface area contributed by atoms with Gasteiger partial charge in [0.15, 0.2) is 0 Å². The van der Waals surface area contributed by atoms with Gasteiger partial charge in [-0.3, -0.25) is 0 Å². The quantitative estimate of drug-likeness (QED) is 0.406. The number of fused-ring (bicyclic) bond motifs is 1. The first-order valence-electron chi connectivity index (χ1n) is 7.98. The number of esters is 2. The lowest BCUT2D eigenvalue weighted by atomic mass is 10.0. The summed E-state index contributed by atoms with van der Waals surface area (Å²) in [6.45, 7) is 1.79. The number of carbonyl (C=O) groups excluding carboxylic acids is 2. The summed E-state index contributed by atoms with van der Waals surface area (Å²) in [5, 5.41) is 1.94. The van der Waals surface area contributed by atoms with Crippen LogP contribution in [-0.2, 0) is 4.74 Å². The zero-order valence-electron chi connectivity index (χ0n) is 14.4. The SMILES string of the molecule is CC#Cc1ccc2cc(C(=O)Oc3ccc(C(=O)OC)cc3)ccc2c1. The van der Waals surface area contributed by atoms with Gasteiger partial charge in [-0.15, -0.1) is 5.92 Å². The Morgan fingerprint density at radius 2 is 1.46 bits per heavy atom. The van der Waals surface area contributed by atoms with Gasteiger partial charge in [-0.25, -0.2) is 9.59 Å². The molecule has 0 fully saturated rings. The van der Waals surface area contributed by atoms with E-state index in [-0.39, 0.29) is 0 Å². The van der Waals surface area contributed by atoms with Crippen LogP contribution in [0.5, 0.6) is 5.75 Å². The molecule has 0 aliphatic rings. The third-order valence-electron chi connectivity index (χ3n) is 3.83. The van der Waals surface area contributed by atoms with Crippen molar-refractivity contribution in [3.8, 4) is 17.6 Å². The van der Waals surface area contributed by atoms with Gasteiger partial charge in [-0.1, -0.05) is 18.1 Å². The molecule has 0 N–H and O–H groups in total. The molecule has 0 heterocycles. The number of methoxy groups -OCH3 is 1. The Hall–Kier alpha value is -3.58. The van der Waals surface area contributed by atoms with Crippen LogP contribution in [-0.4, -0.2) is 19.0 Å². The Morgan fingerprint density at radius 1 is 0.808 bits per heavy atom. The minimum Gasteiger partial charge on any atom is -0.465 e. The maximum atomic E-state index is 12.4. The van der Waals surface area contributed by atoms with E-state index in [0.29, 0.717) is 16.9 Å². The van der Waals surface area contributed by atoms with E-state index in [4.69, 9.17) is 4.74 Å². The van der Waals surface area contributed by atoms with Crippen molar-refractivity contribution in [1.29, 1.82) is 0 Å². The van der Waals surface area contributed by atoms with Gasteiger partial charge in [0.2, 0.25) is 0 Å². The van der Waals surface area contributed by atoms with Gasteiger partial charge in [0.25, 0.3) is 0 Å². The Bertz CT molecular complexity index is 1040. The monoisotopic (exact) mass is 344 g/mol. The standard InChI is InChI=1S/C22H16O4/c1-3-4-15-5-6-18-14-19(8-7-17(18)13-15)22(24)26-20-11-9-16(10-12-20)21(23)25-2/h5-14H,1-2H3. The van der Waals surface area contributed by atoms with Crippen molar-refractivity contribution in [1.82, 2.24) is 0 Å². The van der Waals surface area contributed by atoms with E-state index < -0.39 is 11.9 Å². The van der Waals surface area contributed by atoms with Crippen LogP contribution in [0.3, 0.4) is 0 Å². The molecule has 26 heavy (non-hydrogen) atoms. The molecular weight excluding hydrogens is 328 g/mol. The summed E-state index contributed by atoms with van der Waals surface area (Å²) in [6, 6.07) is 17.4. The maximum Gasteiger partial charge on any atom is 0.343 e. The first kappa shape index (κ1) is 17.2. The highest BCUT2D eigenvalue weighted by atomic mass is 16.5. The molecule has 0 amide bonds. The van der Waals surface area contributed by atoms with Gasteiger partial charge < -0.3 is 9.47 Å². The smallest absolute Gasteiger partial charge is 0.343 e. The van der Waals surface area contributed by atoms with Crippen LogP contribution in [0.25, 0.3) is 10.8 Å². The van der Waals surface area contributed by atoms with E-state index >= 15 is 0 Å². The highest BCUT2D eigenvalue weighted by Gasteiger charge is 2.11. The topological polar surface area (TPSA) is 52.6 Å². The zero-order valence-corrected chi connectivity index (χ0v) is 14.4. The molecule has 0 saturated carbocycles. The Labute approximate surface area is 151 Å². The number of ether oxygens (including phenoxy) is 2. The van der Waals surface area contributed by atoms with Gasteiger partial charge in [-0.2, -0.15) is 0 Å². The lowest BCUT2D eigenvalue weighted by Gasteiger charge is -2.06. The van der Waals surface area contributed by atoms with Crippen molar-refractivity contribution in [2.24, 2.45) is 0 Å². The van der Waals surface area contributed by atoms with Crippen LogP contribution in [0.2, 0.25) is 0 Å². The number of carbonyl (C=O) groups is 2. The number of rotatable bonds is 3. The molecule has 3 aromatic rings. The van der Waals surface area contributed by atoms with Crippen LogP contribution in [0.4, 0.5) is 0 Å². The molecule has 0 aliphatic heterocycles. The minimum atomic E-state index is -0.463. The molecule has 0 atom stereocenters. The van der Waals surface area contributed by atoms with Gasteiger partial charge in [0, 0.05) is 5.56 Å². The average Bonchev–Trinajstić information content (AvgIpc) is 2.67. The lowest BCUT2D eigenvalue weighted by Crippen LogP contribution is -2.08. The molecule has 0 radical (unpaired) electrons. The molecule has 4 heteroatoms. The molecule has 3 aromatic carbocycles. The summed E-state index contributed by atoms with van der Waals surface area (Å²) < 4.78 is 10.0. The first-order valence-corrected chi connectivity index (χ1v) is 7.98. The van der Waals surface area contributed by atoms with E-state index in [2.05, 4.69) is 16.6 Å². The van der Waals surface area contributed by atoms with E-state index in [1.165, 1.54) is 7.11 Å². The molecular formula is C22H16O4. The van der Waals surface area contributed by atoms with Gasteiger partial charge in [0.05, 0.1) is 18.2 Å². The van der Waals surface area contributed by atoms with Crippen molar-refractivity contribution in [2.45, 2.75) is 6.92 Å². The normalized spacial score (nSPS) is 9.92. The average molecular weight is 344 g/mol. The second-order valence-electron chi connectivity index (χ2n) is 5.56. The molecule has 0 bridgehead atoms. The largest absolute Gasteiger partial charge is 0.465 e. The van der Waals surface area contributed by atoms with Gasteiger partial charge in [0.1, 0.15) is 5.75 Å². The fraction of sp³-hybridized carbons (Fsp3) is 0.0909. The lowest BCUT2D eigenvalue weighted by molar-refractivity contribution is 0.0600. The fourth-order valence-electron chi connectivity index (χ4n) is 2.54. The van der Waals surface area contributed by atoms with Crippen molar-refractivity contribution < 1.29 is 19.1 Å².